The minimum Gasteiger partial charge on any atom is -0.333 e. The van der Waals surface area contributed by atoms with Crippen LogP contribution in [-0.2, 0) is 19.6 Å². The summed E-state index contributed by atoms with van der Waals surface area (Å²) in [4.78, 5) is 31.1. The van der Waals surface area contributed by atoms with E-state index in [-0.39, 0.29) is 5.56 Å². The number of fused-ring (bicyclic) bond motifs is 1. The highest BCUT2D eigenvalue weighted by molar-refractivity contribution is 5.29. The molecular formula is C16H16FN7O. The average Bonchev–Trinajstić information content (AvgIpc) is 3.00. The van der Waals surface area contributed by atoms with Crippen LogP contribution in [0, 0.1) is 5.82 Å². The molecule has 3 aromatic heterocycles. The Morgan fingerprint density at radius 1 is 1.20 bits per heavy atom. The second-order valence-electron chi connectivity index (χ2n) is 5.86. The molecule has 1 aliphatic rings. The molecule has 0 unspecified atom stereocenters. The number of rotatable bonds is 3. The van der Waals surface area contributed by atoms with Gasteiger partial charge in [0.1, 0.15) is 5.82 Å². The molecule has 0 fully saturated rings. The van der Waals surface area contributed by atoms with Crippen LogP contribution in [0.2, 0.25) is 0 Å². The van der Waals surface area contributed by atoms with Crippen LogP contribution in [0.1, 0.15) is 17.9 Å². The summed E-state index contributed by atoms with van der Waals surface area (Å²) >= 11 is 0. The Morgan fingerprint density at radius 3 is 2.80 bits per heavy atom. The van der Waals surface area contributed by atoms with Gasteiger partial charge in [0, 0.05) is 31.5 Å². The van der Waals surface area contributed by atoms with Crippen LogP contribution in [0.15, 0.2) is 42.0 Å². The minimum atomic E-state index is -0.476. The summed E-state index contributed by atoms with van der Waals surface area (Å²) in [6.45, 7) is 2.14. The molecular weight excluding hydrogens is 325 g/mol. The van der Waals surface area contributed by atoms with E-state index in [0.717, 1.165) is 18.8 Å². The van der Waals surface area contributed by atoms with Crippen molar-refractivity contribution in [3.05, 3.63) is 64.9 Å². The quantitative estimate of drug-likeness (QED) is 0.702. The third-order valence-electron chi connectivity index (χ3n) is 4.08. The number of anilines is 1. The number of halogens is 1. The van der Waals surface area contributed by atoms with Crippen LogP contribution < -0.4 is 10.5 Å². The fourth-order valence-corrected chi connectivity index (χ4v) is 2.92. The first-order chi connectivity index (χ1) is 12.2. The molecule has 8 nitrogen and oxygen atoms in total. The first kappa shape index (κ1) is 15.4. The summed E-state index contributed by atoms with van der Waals surface area (Å²) in [5, 5.41) is 0. The smallest absolute Gasteiger partial charge is 0.253 e. The maximum atomic E-state index is 13.1. The molecule has 3 aromatic rings. The lowest BCUT2D eigenvalue weighted by molar-refractivity contribution is 0.609. The molecule has 1 aliphatic heterocycles. The largest absolute Gasteiger partial charge is 0.333 e. The second-order valence-corrected chi connectivity index (χ2v) is 5.86. The molecule has 4 rings (SSSR count). The molecule has 0 aromatic carbocycles. The summed E-state index contributed by atoms with van der Waals surface area (Å²) in [7, 11) is 0. The molecule has 25 heavy (non-hydrogen) atoms. The summed E-state index contributed by atoms with van der Waals surface area (Å²) in [6, 6.07) is 1.56. The van der Waals surface area contributed by atoms with Crippen molar-refractivity contribution in [3.63, 3.8) is 0 Å². The second kappa shape index (κ2) is 6.42. The van der Waals surface area contributed by atoms with E-state index in [1.807, 2.05) is 15.7 Å². The Labute approximate surface area is 142 Å². The van der Waals surface area contributed by atoms with Gasteiger partial charge in [0.25, 0.3) is 5.56 Å². The Morgan fingerprint density at radius 2 is 2.04 bits per heavy atom. The first-order valence-corrected chi connectivity index (χ1v) is 7.97. The monoisotopic (exact) mass is 341 g/mol. The lowest BCUT2D eigenvalue weighted by Crippen LogP contribution is -2.28. The summed E-state index contributed by atoms with van der Waals surface area (Å²) in [6.07, 6.45) is 8.24. The molecule has 0 saturated heterocycles. The number of aromatic nitrogens is 6. The zero-order valence-corrected chi connectivity index (χ0v) is 13.4. The van der Waals surface area contributed by atoms with Crippen molar-refractivity contribution >= 4 is 5.95 Å². The van der Waals surface area contributed by atoms with Crippen molar-refractivity contribution in [3.8, 4) is 0 Å². The van der Waals surface area contributed by atoms with Crippen LogP contribution in [0.3, 0.4) is 0 Å². The molecule has 0 aliphatic carbocycles. The van der Waals surface area contributed by atoms with Crippen LogP contribution in [0.25, 0.3) is 0 Å². The van der Waals surface area contributed by atoms with Gasteiger partial charge in [0.15, 0.2) is 5.82 Å². The highest BCUT2D eigenvalue weighted by atomic mass is 19.1. The van der Waals surface area contributed by atoms with E-state index in [4.69, 9.17) is 0 Å². The SMILES string of the molecule is O=c1cc(Cn2ccnc2)nc2n1CCCN(c1ncc(F)cn1)C2. The highest BCUT2D eigenvalue weighted by Crippen LogP contribution is 2.15. The fourth-order valence-electron chi connectivity index (χ4n) is 2.92. The number of hydrogen-bond donors (Lipinski definition) is 0. The predicted octanol–water partition coefficient (Wildman–Crippen LogP) is 0.827. The number of hydrogen-bond acceptors (Lipinski definition) is 6. The molecule has 0 bridgehead atoms. The third-order valence-corrected chi connectivity index (χ3v) is 4.08. The maximum absolute atomic E-state index is 13.1. The summed E-state index contributed by atoms with van der Waals surface area (Å²) < 4.78 is 16.6. The first-order valence-electron chi connectivity index (χ1n) is 7.97. The van der Waals surface area contributed by atoms with E-state index in [9.17, 15) is 9.18 Å². The van der Waals surface area contributed by atoms with E-state index >= 15 is 0 Å². The Balaban J connectivity index is 1.66. The zero-order valence-electron chi connectivity index (χ0n) is 13.4. The Kier molecular flexibility index (Phi) is 3.96. The van der Waals surface area contributed by atoms with Crippen molar-refractivity contribution < 1.29 is 4.39 Å². The average molecular weight is 341 g/mol. The standard InChI is InChI=1S/C16H16FN7O/c17-12-7-19-16(20-8-12)23-3-1-4-24-14(10-23)21-13(6-15(24)25)9-22-5-2-18-11-22/h2,5-8,11H,1,3-4,9-10H2. The summed E-state index contributed by atoms with van der Waals surface area (Å²) in [5.74, 6) is 0.619. The zero-order chi connectivity index (χ0) is 17.2. The van der Waals surface area contributed by atoms with Gasteiger partial charge >= 0.3 is 0 Å². The van der Waals surface area contributed by atoms with Gasteiger partial charge in [-0.15, -0.1) is 0 Å². The normalized spacial score (nSPS) is 14.2. The molecule has 0 spiro atoms. The van der Waals surface area contributed by atoms with E-state index in [1.165, 1.54) is 0 Å². The van der Waals surface area contributed by atoms with Crippen molar-refractivity contribution in [2.24, 2.45) is 0 Å². The van der Waals surface area contributed by atoms with Gasteiger partial charge in [-0.1, -0.05) is 0 Å². The molecule has 0 saturated carbocycles. The van der Waals surface area contributed by atoms with Gasteiger partial charge < -0.3 is 9.47 Å². The fraction of sp³-hybridized carbons (Fsp3) is 0.312. The number of imidazole rings is 1. The molecule has 4 heterocycles. The molecule has 9 heteroatoms. The van der Waals surface area contributed by atoms with Crippen LogP contribution in [0.5, 0.6) is 0 Å². The van der Waals surface area contributed by atoms with E-state index < -0.39 is 5.82 Å². The molecule has 0 atom stereocenters. The van der Waals surface area contributed by atoms with Crippen LogP contribution >= 0.6 is 0 Å². The van der Waals surface area contributed by atoms with Crippen molar-refractivity contribution in [2.45, 2.75) is 26.1 Å². The van der Waals surface area contributed by atoms with Crippen molar-refractivity contribution in [2.75, 3.05) is 11.4 Å². The van der Waals surface area contributed by atoms with Crippen molar-refractivity contribution in [1.82, 2.24) is 29.1 Å². The van der Waals surface area contributed by atoms with Gasteiger partial charge in [-0.05, 0) is 6.42 Å². The van der Waals surface area contributed by atoms with Crippen molar-refractivity contribution in [1.29, 1.82) is 0 Å². The van der Waals surface area contributed by atoms with E-state index in [0.29, 0.717) is 43.6 Å². The topological polar surface area (TPSA) is 81.7 Å². The Bertz CT molecular complexity index is 921. The lowest BCUT2D eigenvalue weighted by Gasteiger charge is -2.19. The predicted molar refractivity (Wildman–Crippen MR) is 87.5 cm³/mol. The summed E-state index contributed by atoms with van der Waals surface area (Å²) in [5.41, 5.74) is 0.609. The third kappa shape index (κ3) is 3.25. The van der Waals surface area contributed by atoms with Crippen LogP contribution in [0.4, 0.5) is 10.3 Å². The molecule has 0 radical (unpaired) electrons. The maximum Gasteiger partial charge on any atom is 0.253 e. The van der Waals surface area contributed by atoms with E-state index in [1.54, 1.807) is 23.2 Å². The molecule has 0 N–H and O–H groups in total. The van der Waals surface area contributed by atoms with Gasteiger partial charge in [-0.3, -0.25) is 9.36 Å². The molecule has 0 amide bonds. The number of nitrogens with zero attached hydrogens (tertiary/aromatic N) is 7. The van der Waals surface area contributed by atoms with Crippen LogP contribution in [-0.4, -0.2) is 35.6 Å². The lowest BCUT2D eigenvalue weighted by atomic mass is 10.3. The van der Waals surface area contributed by atoms with Gasteiger partial charge in [0.2, 0.25) is 5.95 Å². The van der Waals surface area contributed by atoms with E-state index in [2.05, 4.69) is 19.9 Å². The van der Waals surface area contributed by atoms with Gasteiger partial charge in [0.05, 0.1) is 37.5 Å². The minimum absolute atomic E-state index is 0.0676. The highest BCUT2D eigenvalue weighted by Gasteiger charge is 2.19. The van der Waals surface area contributed by atoms with Gasteiger partial charge in [-0.25, -0.2) is 24.3 Å². The Hall–Kier alpha value is -3.10. The van der Waals surface area contributed by atoms with Gasteiger partial charge in [-0.2, -0.15) is 0 Å². The molecule has 128 valence electrons.